The zero-order valence-electron chi connectivity index (χ0n) is 12.9. The molecule has 2 rings (SSSR count). The van der Waals surface area contributed by atoms with E-state index in [1.54, 1.807) is 0 Å². The summed E-state index contributed by atoms with van der Waals surface area (Å²) in [4.78, 5) is 12.8. The minimum atomic E-state index is -0.803. The van der Waals surface area contributed by atoms with Gasteiger partial charge in [-0.3, -0.25) is 4.79 Å². The van der Waals surface area contributed by atoms with Crippen molar-refractivity contribution in [2.75, 3.05) is 26.2 Å². The number of aliphatic hydroxyl groups excluding tert-OH is 1. The van der Waals surface area contributed by atoms with Gasteiger partial charge in [-0.15, -0.1) is 0 Å². The molecule has 122 valence electrons. The molecule has 0 aromatic heterocycles. The van der Waals surface area contributed by atoms with Crippen LogP contribution in [0.3, 0.4) is 0 Å². The second kappa shape index (κ2) is 8.71. The summed E-state index contributed by atoms with van der Waals surface area (Å²) in [7, 11) is 0. The summed E-state index contributed by atoms with van der Waals surface area (Å²) in [5, 5.41) is 18.8. The van der Waals surface area contributed by atoms with Crippen LogP contribution in [0.5, 0.6) is 0 Å². The molecular weight excluding hydrogens is 270 g/mol. The zero-order valence-corrected chi connectivity index (χ0v) is 12.9. The number of likely N-dealkylation sites (tertiary alicyclic amines) is 1. The van der Waals surface area contributed by atoms with Gasteiger partial charge in [0, 0.05) is 19.6 Å². The number of nitrogens with zero attached hydrogens (tertiary/aromatic N) is 1. The SMILES string of the molecule is O=C(O)CCOC1CCN(CC(O)CC2CCCC2)CC1. The quantitative estimate of drug-likeness (QED) is 0.716. The van der Waals surface area contributed by atoms with Crippen LogP contribution in [0.2, 0.25) is 0 Å². The molecule has 1 saturated heterocycles. The maximum atomic E-state index is 10.4. The number of ether oxygens (including phenoxy) is 1. The smallest absolute Gasteiger partial charge is 0.305 e. The Balaban J connectivity index is 1.56. The van der Waals surface area contributed by atoms with Crippen molar-refractivity contribution in [2.45, 2.75) is 63.6 Å². The molecule has 21 heavy (non-hydrogen) atoms. The predicted molar refractivity (Wildman–Crippen MR) is 80.2 cm³/mol. The lowest BCUT2D eigenvalue weighted by atomic mass is 9.99. The van der Waals surface area contributed by atoms with E-state index < -0.39 is 5.97 Å². The van der Waals surface area contributed by atoms with E-state index in [0.717, 1.165) is 44.8 Å². The molecule has 0 spiro atoms. The fraction of sp³-hybridized carbons (Fsp3) is 0.938. The number of hydrogen-bond acceptors (Lipinski definition) is 4. The van der Waals surface area contributed by atoms with Gasteiger partial charge in [-0.2, -0.15) is 0 Å². The summed E-state index contributed by atoms with van der Waals surface area (Å²) >= 11 is 0. The molecule has 1 saturated carbocycles. The highest BCUT2D eigenvalue weighted by molar-refractivity contribution is 5.66. The van der Waals surface area contributed by atoms with Crippen LogP contribution in [-0.4, -0.2) is 59.5 Å². The van der Waals surface area contributed by atoms with Gasteiger partial charge in [0.1, 0.15) is 0 Å². The Hall–Kier alpha value is -0.650. The van der Waals surface area contributed by atoms with E-state index in [0.29, 0.717) is 6.61 Å². The molecule has 0 amide bonds. The first kappa shape index (κ1) is 16.7. The lowest BCUT2D eigenvalue weighted by molar-refractivity contribution is -0.138. The Bertz CT molecular complexity index is 309. The van der Waals surface area contributed by atoms with Crippen LogP contribution in [-0.2, 0) is 9.53 Å². The van der Waals surface area contributed by atoms with E-state index in [1.165, 1.54) is 25.7 Å². The van der Waals surface area contributed by atoms with E-state index in [-0.39, 0.29) is 18.6 Å². The summed E-state index contributed by atoms with van der Waals surface area (Å²) in [6, 6.07) is 0. The molecule has 1 unspecified atom stereocenters. The lowest BCUT2D eigenvalue weighted by Gasteiger charge is -2.33. The van der Waals surface area contributed by atoms with Crippen molar-refractivity contribution < 1.29 is 19.7 Å². The predicted octanol–water partition coefficient (Wildman–Crippen LogP) is 1.88. The average molecular weight is 299 g/mol. The van der Waals surface area contributed by atoms with Crippen molar-refractivity contribution in [3.63, 3.8) is 0 Å². The number of aliphatic carboxylic acids is 1. The largest absolute Gasteiger partial charge is 0.481 e. The molecule has 1 aliphatic carbocycles. The fourth-order valence-corrected chi connectivity index (χ4v) is 3.57. The second-order valence-corrected chi connectivity index (χ2v) is 6.55. The third-order valence-electron chi connectivity index (χ3n) is 4.75. The van der Waals surface area contributed by atoms with Crippen LogP contribution in [0.4, 0.5) is 0 Å². The van der Waals surface area contributed by atoms with Crippen LogP contribution in [0.15, 0.2) is 0 Å². The van der Waals surface area contributed by atoms with Crippen LogP contribution in [0, 0.1) is 5.92 Å². The van der Waals surface area contributed by atoms with Gasteiger partial charge in [0.25, 0.3) is 0 Å². The topological polar surface area (TPSA) is 70.0 Å². The molecule has 2 N–H and O–H groups in total. The number of piperidine rings is 1. The number of hydrogen-bond donors (Lipinski definition) is 2. The Kier molecular flexibility index (Phi) is 6.93. The number of rotatable bonds is 8. The van der Waals surface area contributed by atoms with Crippen molar-refractivity contribution in [1.82, 2.24) is 4.90 Å². The van der Waals surface area contributed by atoms with Crippen molar-refractivity contribution in [2.24, 2.45) is 5.92 Å². The standard InChI is InChI=1S/C16H29NO4/c18-14(11-13-3-1-2-4-13)12-17-8-5-15(6-9-17)21-10-7-16(19)20/h13-15,18H,1-12H2,(H,19,20). The van der Waals surface area contributed by atoms with Crippen molar-refractivity contribution in [1.29, 1.82) is 0 Å². The van der Waals surface area contributed by atoms with Crippen LogP contribution in [0.1, 0.15) is 51.4 Å². The van der Waals surface area contributed by atoms with E-state index in [9.17, 15) is 9.90 Å². The molecule has 0 radical (unpaired) electrons. The number of carbonyl (C=O) groups is 1. The monoisotopic (exact) mass is 299 g/mol. The first-order valence-electron chi connectivity index (χ1n) is 8.37. The van der Waals surface area contributed by atoms with Crippen molar-refractivity contribution in [3.05, 3.63) is 0 Å². The summed E-state index contributed by atoms with van der Waals surface area (Å²) in [5.74, 6) is -0.0700. The third kappa shape index (κ3) is 6.32. The molecule has 1 atom stereocenters. The first-order chi connectivity index (χ1) is 10.1. The van der Waals surface area contributed by atoms with Crippen molar-refractivity contribution in [3.8, 4) is 0 Å². The van der Waals surface area contributed by atoms with Gasteiger partial charge in [-0.25, -0.2) is 0 Å². The van der Waals surface area contributed by atoms with E-state index >= 15 is 0 Å². The lowest BCUT2D eigenvalue weighted by Crippen LogP contribution is -2.41. The van der Waals surface area contributed by atoms with E-state index in [2.05, 4.69) is 4.90 Å². The van der Waals surface area contributed by atoms with Gasteiger partial charge in [-0.05, 0) is 25.2 Å². The van der Waals surface area contributed by atoms with Crippen LogP contribution >= 0.6 is 0 Å². The highest BCUT2D eigenvalue weighted by Crippen LogP contribution is 2.29. The maximum Gasteiger partial charge on any atom is 0.305 e. The number of aliphatic hydroxyl groups is 1. The number of β-amino-alcohol motifs (C(OH)–C–C–N with tert-alkyl or cyclic N) is 1. The van der Waals surface area contributed by atoms with E-state index in [1.807, 2.05) is 0 Å². The average Bonchev–Trinajstić information content (AvgIpc) is 2.93. The molecule has 0 aromatic rings. The summed E-state index contributed by atoms with van der Waals surface area (Å²) < 4.78 is 5.58. The Morgan fingerprint density at radius 3 is 2.48 bits per heavy atom. The Morgan fingerprint density at radius 2 is 1.86 bits per heavy atom. The highest BCUT2D eigenvalue weighted by atomic mass is 16.5. The number of carboxylic acids is 1. The first-order valence-corrected chi connectivity index (χ1v) is 8.37. The normalized spacial score (nSPS) is 23.5. The van der Waals surface area contributed by atoms with Gasteiger partial charge in [0.05, 0.1) is 25.2 Å². The molecule has 5 nitrogen and oxygen atoms in total. The Morgan fingerprint density at radius 1 is 1.19 bits per heavy atom. The molecule has 5 heteroatoms. The van der Waals surface area contributed by atoms with Gasteiger partial charge in [0.2, 0.25) is 0 Å². The third-order valence-corrected chi connectivity index (χ3v) is 4.75. The summed E-state index contributed by atoms with van der Waals surface area (Å²) in [5.41, 5.74) is 0. The molecular formula is C16H29NO4. The van der Waals surface area contributed by atoms with Crippen molar-refractivity contribution >= 4 is 5.97 Å². The summed E-state index contributed by atoms with van der Waals surface area (Å²) in [6.07, 6.45) is 8.14. The minimum absolute atomic E-state index is 0.0836. The van der Waals surface area contributed by atoms with Crippen LogP contribution < -0.4 is 0 Å². The van der Waals surface area contributed by atoms with Gasteiger partial charge < -0.3 is 19.8 Å². The highest BCUT2D eigenvalue weighted by Gasteiger charge is 2.24. The molecule has 2 fully saturated rings. The molecule has 2 aliphatic rings. The molecule has 1 heterocycles. The fourth-order valence-electron chi connectivity index (χ4n) is 3.57. The van der Waals surface area contributed by atoms with Gasteiger partial charge in [0.15, 0.2) is 0 Å². The molecule has 0 aromatic carbocycles. The maximum absolute atomic E-state index is 10.4. The van der Waals surface area contributed by atoms with Gasteiger partial charge >= 0.3 is 5.97 Å². The zero-order chi connectivity index (χ0) is 15.1. The minimum Gasteiger partial charge on any atom is -0.481 e. The van der Waals surface area contributed by atoms with Gasteiger partial charge in [-0.1, -0.05) is 25.7 Å². The molecule has 0 bridgehead atoms. The Labute approximate surface area is 127 Å². The van der Waals surface area contributed by atoms with E-state index in [4.69, 9.17) is 9.84 Å². The molecule has 1 aliphatic heterocycles. The van der Waals surface area contributed by atoms with Crippen LogP contribution in [0.25, 0.3) is 0 Å². The number of carboxylic acid groups (broad SMARTS) is 1. The summed E-state index contributed by atoms with van der Waals surface area (Å²) in [6.45, 7) is 2.97. The second-order valence-electron chi connectivity index (χ2n) is 6.55.